The Morgan fingerprint density at radius 3 is 1.59 bits per heavy atom. The maximum absolute atomic E-state index is 6.53. The number of hydrogen-bond donors (Lipinski definition) is 0. The summed E-state index contributed by atoms with van der Waals surface area (Å²) in [4.78, 5) is 0. The van der Waals surface area contributed by atoms with Crippen molar-refractivity contribution in [3.63, 3.8) is 0 Å². The summed E-state index contributed by atoms with van der Waals surface area (Å²) in [5.74, 6) is 0. The summed E-state index contributed by atoms with van der Waals surface area (Å²) in [6.45, 7) is 8.43. The van der Waals surface area contributed by atoms with Crippen molar-refractivity contribution >= 4 is 45.3 Å². The van der Waals surface area contributed by atoms with Crippen LogP contribution in [0.5, 0.6) is 0 Å². The summed E-state index contributed by atoms with van der Waals surface area (Å²) < 4.78 is 18.0. The molecule has 0 atom stereocenters. The van der Waals surface area contributed by atoms with Crippen molar-refractivity contribution in [2.45, 2.75) is 38.9 Å². The molecule has 0 N–H and O–H groups in total. The molecule has 5 heteroatoms. The molecule has 0 aliphatic carbocycles. The van der Waals surface area contributed by atoms with E-state index in [1.165, 1.54) is 44.1 Å². The third kappa shape index (κ3) is 4.61. The van der Waals surface area contributed by atoms with Crippen LogP contribution in [0, 0.1) is 0 Å². The van der Waals surface area contributed by atoms with E-state index in [1.807, 2.05) is 0 Å². The molecule has 6 aromatic carbocycles. The van der Waals surface area contributed by atoms with Gasteiger partial charge in [-0.3, -0.25) is 0 Å². The molecule has 1 fully saturated rings. The molecule has 1 aliphatic heterocycles. The zero-order valence-corrected chi connectivity index (χ0v) is 28.2. The molecule has 0 saturated carbocycles. The summed E-state index contributed by atoms with van der Waals surface area (Å²) in [5, 5.41) is 3.57. The van der Waals surface area contributed by atoms with Gasteiger partial charge < -0.3 is 18.4 Å². The summed E-state index contributed by atoms with van der Waals surface area (Å²) in [6.07, 6.45) is 0. The number of aromatic nitrogens is 2. The second kappa shape index (κ2) is 11.1. The van der Waals surface area contributed by atoms with Crippen molar-refractivity contribution in [1.29, 1.82) is 0 Å². The largest absolute Gasteiger partial charge is 0.494 e. The van der Waals surface area contributed by atoms with Gasteiger partial charge in [-0.05, 0) is 80.7 Å². The minimum atomic E-state index is -0.447. The third-order valence-electron chi connectivity index (χ3n) is 10.5. The van der Waals surface area contributed by atoms with Gasteiger partial charge in [0, 0.05) is 33.1 Å². The fourth-order valence-electron chi connectivity index (χ4n) is 7.47. The van der Waals surface area contributed by atoms with E-state index in [4.69, 9.17) is 9.31 Å². The Bertz CT molecular complexity index is 2470. The number of para-hydroxylation sites is 2. The Morgan fingerprint density at radius 1 is 0.490 bits per heavy atom. The lowest BCUT2D eigenvalue weighted by atomic mass is 9.78. The van der Waals surface area contributed by atoms with Gasteiger partial charge in [0.1, 0.15) is 0 Å². The van der Waals surface area contributed by atoms with Crippen molar-refractivity contribution in [3.05, 3.63) is 152 Å². The first-order valence-electron chi connectivity index (χ1n) is 17.1. The van der Waals surface area contributed by atoms with Gasteiger partial charge in [-0.25, -0.2) is 0 Å². The molecule has 49 heavy (non-hydrogen) atoms. The smallest absolute Gasteiger partial charge is 0.399 e. The normalized spacial score (nSPS) is 15.5. The van der Waals surface area contributed by atoms with E-state index < -0.39 is 18.3 Å². The maximum Gasteiger partial charge on any atom is 0.494 e. The second-order valence-corrected chi connectivity index (χ2v) is 14.0. The van der Waals surface area contributed by atoms with Crippen molar-refractivity contribution < 1.29 is 9.31 Å². The highest BCUT2D eigenvalue weighted by Crippen LogP contribution is 2.48. The van der Waals surface area contributed by atoms with Crippen LogP contribution in [0.4, 0.5) is 0 Å². The number of hydrogen-bond acceptors (Lipinski definition) is 2. The molecule has 0 unspecified atom stereocenters. The fraction of sp³-hybridized carbons (Fsp3) is 0.136. The van der Waals surface area contributed by atoms with E-state index in [0.717, 1.165) is 27.9 Å². The lowest BCUT2D eigenvalue weighted by Crippen LogP contribution is -2.41. The molecular formula is C44H37BN2O2. The zero-order valence-electron chi connectivity index (χ0n) is 28.2. The molecule has 4 nitrogen and oxygen atoms in total. The Labute approximate surface area is 287 Å². The van der Waals surface area contributed by atoms with Gasteiger partial charge in [0.25, 0.3) is 0 Å². The van der Waals surface area contributed by atoms with Crippen LogP contribution in [0.2, 0.25) is 0 Å². The summed E-state index contributed by atoms with van der Waals surface area (Å²) in [7, 11) is -0.447. The molecule has 3 heterocycles. The first kappa shape index (κ1) is 29.8. The number of nitrogens with zero attached hydrogens (tertiary/aromatic N) is 2. The SMILES string of the molecule is CC1(C)OB(c2ccc3c(c2)c2ccc4c(c(-c5ccccc5)c(-c5ccccc5)n4-c4ccccc4)c2n3-c2ccccc2)OC1(C)C. The summed E-state index contributed by atoms with van der Waals surface area (Å²) in [6, 6.07) is 54.4. The number of benzene rings is 6. The molecule has 1 aliphatic rings. The maximum atomic E-state index is 6.53. The first-order valence-corrected chi connectivity index (χ1v) is 17.1. The second-order valence-electron chi connectivity index (χ2n) is 14.0. The van der Waals surface area contributed by atoms with Crippen LogP contribution < -0.4 is 5.46 Å². The minimum absolute atomic E-state index is 0.421. The number of rotatable bonds is 5. The molecule has 1 saturated heterocycles. The van der Waals surface area contributed by atoms with Crippen LogP contribution in [0.15, 0.2) is 152 Å². The van der Waals surface area contributed by atoms with Gasteiger partial charge in [0.15, 0.2) is 0 Å². The molecule has 0 spiro atoms. The van der Waals surface area contributed by atoms with Gasteiger partial charge >= 0.3 is 7.12 Å². The Morgan fingerprint density at radius 2 is 1.00 bits per heavy atom. The predicted octanol–water partition coefficient (Wildman–Crippen LogP) is 10.4. The molecule has 0 bridgehead atoms. The molecule has 0 radical (unpaired) electrons. The quantitative estimate of drug-likeness (QED) is 0.176. The zero-order chi connectivity index (χ0) is 33.3. The van der Waals surface area contributed by atoms with Crippen molar-refractivity contribution in [2.75, 3.05) is 0 Å². The van der Waals surface area contributed by atoms with Gasteiger partial charge in [-0.15, -0.1) is 0 Å². The third-order valence-corrected chi connectivity index (χ3v) is 10.5. The lowest BCUT2D eigenvalue weighted by molar-refractivity contribution is 0.00578. The van der Waals surface area contributed by atoms with Crippen molar-refractivity contribution in [3.8, 4) is 33.8 Å². The predicted molar refractivity (Wildman–Crippen MR) is 204 cm³/mol. The molecule has 9 rings (SSSR count). The van der Waals surface area contributed by atoms with E-state index in [2.05, 4.69) is 188 Å². The molecule has 2 aromatic heterocycles. The molecular weight excluding hydrogens is 599 g/mol. The average molecular weight is 637 g/mol. The van der Waals surface area contributed by atoms with Crippen LogP contribution in [-0.4, -0.2) is 27.5 Å². The van der Waals surface area contributed by atoms with Crippen LogP contribution in [-0.2, 0) is 9.31 Å². The first-order chi connectivity index (χ1) is 23.8. The van der Waals surface area contributed by atoms with Crippen molar-refractivity contribution in [1.82, 2.24) is 9.13 Å². The van der Waals surface area contributed by atoms with Crippen LogP contribution in [0.3, 0.4) is 0 Å². The van der Waals surface area contributed by atoms with E-state index in [-0.39, 0.29) is 0 Å². The summed E-state index contributed by atoms with van der Waals surface area (Å²) >= 11 is 0. The Hall–Kier alpha value is -5.36. The van der Waals surface area contributed by atoms with E-state index >= 15 is 0 Å². The van der Waals surface area contributed by atoms with Gasteiger partial charge in [0.05, 0.1) is 33.4 Å². The Balaban J connectivity index is 1.46. The van der Waals surface area contributed by atoms with E-state index in [0.29, 0.717) is 0 Å². The lowest BCUT2D eigenvalue weighted by Gasteiger charge is -2.32. The van der Waals surface area contributed by atoms with E-state index in [1.54, 1.807) is 0 Å². The standard InChI is InChI=1S/C44H37BN2O2/c1-43(2)44(3,4)49-45(48-43)32-25-27-37-36(29-32)35-26-28-38-40(42(35)46(37)33-21-13-7-14-22-33)39(30-17-9-5-10-18-30)41(31-19-11-6-12-20-31)47(38)34-23-15-8-16-24-34/h5-29H,1-4H3. The topological polar surface area (TPSA) is 28.3 Å². The van der Waals surface area contributed by atoms with Gasteiger partial charge in [-0.2, -0.15) is 0 Å². The highest BCUT2D eigenvalue weighted by molar-refractivity contribution is 6.62. The Kier molecular flexibility index (Phi) is 6.74. The minimum Gasteiger partial charge on any atom is -0.399 e. The van der Waals surface area contributed by atoms with Gasteiger partial charge in [0.2, 0.25) is 0 Å². The van der Waals surface area contributed by atoms with Gasteiger partial charge in [-0.1, -0.05) is 115 Å². The van der Waals surface area contributed by atoms with E-state index in [9.17, 15) is 0 Å². The fourth-order valence-corrected chi connectivity index (χ4v) is 7.47. The highest BCUT2D eigenvalue weighted by Gasteiger charge is 2.51. The molecule has 8 aromatic rings. The summed E-state index contributed by atoms with van der Waals surface area (Å²) in [5.41, 5.74) is 10.6. The van der Waals surface area contributed by atoms with Crippen LogP contribution >= 0.6 is 0 Å². The number of fused-ring (bicyclic) bond motifs is 5. The van der Waals surface area contributed by atoms with Crippen LogP contribution in [0.1, 0.15) is 27.7 Å². The molecule has 0 amide bonds. The van der Waals surface area contributed by atoms with Crippen LogP contribution in [0.25, 0.3) is 66.5 Å². The highest BCUT2D eigenvalue weighted by atomic mass is 16.7. The molecule has 238 valence electrons. The monoisotopic (exact) mass is 636 g/mol. The van der Waals surface area contributed by atoms with Crippen molar-refractivity contribution in [2.24, 2.45) is 0 Å². The average Bonchev–Trinajstić information content (AvgIpc) is 3.73.